The number of carbonyl (C=O) groups is 1. The second kappa shape index (κ2) is 7.08. The summed E-state index contributed by atoms with van der Waals surface area (Å²) in [5, 5.41) is 0. The summed E-state index contributed by atoms with van der Waals surface area (Å²) in [6, 6.07) is 19.2. The van der Waals surface area contributed by atoms with Crippen LogP contribution in [0.2, 0.25) is 0 Å². The number of anilines is 1. The Bertz CT molecular complexity index is 696. The van der Waals surface area contributed by atoms with Crippen molar-refractivity contribution in [2.45, 2.75) is 45.8 Å². The lowest BCUT2D eigenvalue weighted by atomic mass is 10.1. The standard InChI is InChI=1S/C21H26N2O/c1-16(2)22(14-18-9-5-4-6-10-18)21(24)15-23-17(3)13-19-11-7-8-12-20(19)23/h4-12,16-17H,13-15H2,1-3H3. The SMILES string of the molecule is CC(C)N(Cc1ccccc1)C(=O)CN1c2ccccc2CC1C. The number of para-hydroxylation sites is 1. The number of nitrogens with zero attached hydrogens (tertiary/aromatic N) is 2. The predicted molar refractivity (Wildman–Crippen MR) is 99.1 cm³/mol. The lowest BCUT2D eigenvalue weighted by Crippen LogP contribution is -2.45. The maximum atomic E-state index is 13.0. The minimum atomic E-state index is 0.186. The van der Waals surface area contributed by atoms with Crippen molar-refractivity contribution < 1.29 is 4.79 Å². The van der Waals surface area contributed by atoms with Crippen LogP contribution in [0.25, 0.3) is 0 Å². The molecule has 3 rings (SSSR count). The predicted octanol–water partition coefficient (Wildman–Crippen LogP) is 3.87. The fraction of sp³-hybridized carbons (Fsp3) is 0.381. The molecule has 126 valence electrons. The van der Waals surface area contributed by atoms with E-state index in [2.05, 4.69) is 62.1 Å². The van der Waals surface area contributed by atoms with Crippen LogP contribution in [-0.2, 0) is 17.8 Å². The molecule has 1 heterocycles. The number of fused-ring (bicyclic) bond motifs is 1. The highest BCUT2D eigenvalue weighted by molar-refractivity contribution is 5.83. The fourth-order valence-corrected chi connectivity index (χ4v) is 3.45. The average Bonchev–Trinajstić information content (AvgIpc) is 2.89. The molecule has 0 saturated heterocycles. The van der Waals surface area contributed by atoms with Crippen LogP contribution < -0.4 is 4.90 Å². The summed E-state index contributed by atoms with van der Waals surface area (Å²) in [5.41, 5.74) is 3.73. The van der Waals surface area contributed by atoms with Gasteiger partial charge in [0.2, 0.25) is 5.91 Å². The van der Waals surface area contributed by atoms with Crippen molar-refractivity contribution in [1.29, 1.82) is 0 Å². The summed E-state index contributed by atoms with van der Waals surface area (Å²) in [5.74, 6) is 0.192. The third-order valence-corrected chi connectivity index (χ3v) is 4.79. The van der Waals surface area contributed by atoms with E-state index in [9.17, 15) is 4.79 Å². The Morgan fingerprint density at radius 2 is 1.79 bits per heavy atom. The van der Waals surface area contributed by atoms with E-state index >= 15 is 0 Å². The quantitative estimate of drug-likeness (QED) is 0.834. The van der Waals surface area contributed by atoms with Gasteiger partial charge in [-0.3, -0.25) is 4.79 Å². The summed E-state index contributed by atoms with van der Waals surface area (Å²) in [7, 11) is 0. The molecule has 3 nitrogen and oxygen atoms in total. The van der Waals surface area contributed by atoms with E-state index in [1.165, 1.54) is 16.8 Å². The molecule has 0 fully saturated rings. The van der Waals surface area contributed by atoms with E-state index in [0.717, 1.165) is 6.42 Å². The highest BCUT2D eigenvalue weighted by Crippen LogP contribution is 2.31. The second-order valence-corrected chi connectivity index (χ2v) is 6.91. The normalized spacial score (nSPS) is 16.3. The van der Waals surface area contributed by atoms with Crippen LogP contribution in [0.5, 0.6) is 0 Å². The van der Waals surface area contributed by atoms with Gasteiger partial charge in [0.15, 0.2) is 0 Å². The van der Waals surface area contributed by atoms with Crippen molar-refractivity contribution in [3.63, 3.8) is 0 Å². The Kier molecular flexibility index (Phi) is 4.89. The van der Waals surface area contributed by atoms with Crippen molar-refractivity contribution in [2.75, 3.05) is 11.4 Å². The topological polar surface area (TPSA) is 23.6 Å². The number of hydrogen-bond acceptors (Lipinski definition) is 2. The molecular formula is C21H26N2O. The number of rotatable bonds is 5. The Morgan fingerprint density at radius 1 is 1.12 bits per heavy atom. The van der Waals surface area contributed by atoms with Gasteiger partial charge < -0.3 is 9.80 Å². The summed E-state index contributed by atoms with van der Waals surface area (Å²) >= 11 is 0. The summed E-state index contributed by atoms with van der Waals surface area (Å²) in [4.78, 5) is 17.2. The Balaban J connectivity index is 1.74. The first kappa shape index (κ1) is 16.6. The van der Waals surface area contributed by atoms with Crippen LogP contribution in [-0.4, -0.2) is 29.4 Å². The zero-order valence-electron chi connectivity index (χ0n) is 14.8. The van der Waals surface area contributed by atoms with Gasteiger partial charge in [0, 0.05) is 24.3 Å². The largest absolute Gasteiger partial charge is 0.359 e. The minimum Gasteiger partial charge on any atom is -0.359 e. The highest BCUT2D eigenvalue weighted by Gasteiger charge is 2.29. The molecule has 2 aromatic carbocycles. The third-order valence-electron chi connectivity index (χ3n) is 4.79. The van der Waals surface area contributed by atoms with Crippen molar-refractivity contribution in [1.82, 2.24) is 4.90 Å². The van der Waals surface area contributed by atoms with Crippen LogP contribution in [0.15, 0.2) is 54.6 Å². The maximum Gasteiger partial charge on any atom is 0.242 e. The van der Waals surface area contributed by atoms with Crippen LogP contribution in [0, 0.1) is 0 Å². The van der Waals surface area contributed by atoms with Crippen molar-refractivity contribution in [2.24, 2.45) is 0 Å². The molecule has 0 spiro atoms. The first-order valence-electron chi connectivity index (χ1n) is 8.74. The molecule has 0 radical (unpaired) electrons. The molecular weight excluding hydrogens is 296 g/mol. The van der Waals surface area contributed by atoms with Crippen molar-refractivity contribution in [3.05, 3.63) is 65.7 Å². The van der Waals surface area contributed by atoms with Gasteiger partial charge in [0.05, 0.1) is 6.54 Å². The van der Waals surface area contributed by atoms with Crippen LogP contribution in [0.4, 0.5) is 5.69 Å². The monoisotopic (exact) mass is 322 g/mol. The van der Waals surface area contributed by atoms with Gasteiger partial charge in [-0.2, -0.15) is 0 Å². The van der Waals surface area contributed by atoms with Gasteiger partial charge in [-0.25, -0.2) is 0 Å². The molecule has 24 heavy (non-hydrogen) atoms. The molecule has 0 bridgehead atoms. The van der Waals surface area contributed by atoms with Gasteiger partial charge >= 0.3 is 0 Å². The zero-order valence-corrected chi connectivity index (χ0v) is 14.8. The summed E-state index contributed by atoms with van der Waals surface area (Å²) in [6.07, 6.45) is 1.02. The molecule has 1 aliphatic heterocycles. The van der Waals surface area contributed by atoms with Crippen LogP contribution in [0.3, 0.4) is 0 Å². The van der Waals surface area contributed by atoms with Crippen LogP contribution >= 0.6 is 0 Å². The van der Waals surface area contributed by atoms with Gasteiger partial charge in [-0.05, 0) is 44.4 Å². The molecule has 1 amide bonds. The van der Waals surface area contributed by atoms with E-state index < -0.39 is 0 Å². The first-order chi connectivity index (χ1) is 11.6. The lowest BCUT2D eigenvalue weighted by molar-refractivity contribution is -0.132. The van der Waals surface area contributed by atoms with E-state index in [4.69, 9.17) is 0 Å². The van der Waals surface area contributed by atoms with Gasteiger partial charge in [0.25, 0.3) is 0 Å². The summed E-state index contributed by atoms with van der Waals surface area (Å²) < 4.78 is 0. The Labute approximate surface area is 144 Å². The lowest BCUT2D eigenvalue weighted by Gasteiger charge is -2.31. The van der Waals surface area contributed by atoms with Gasteiger partial charge in [-0.15, -0.1) is 0 Å². The highest BCUT2D eigenvalue weighted by atomic mass is 16.2. The van der Waals surface area contributed by atoms with Crippen molar-refractivity contribution in [3.8, 4) is 0 Å². The maximum absolute atomic E-state index is 13.0. The molecule has 1 aliphatic rings. The molecule has 3 heteroatoms. The molecule has 0 aromatic heterocycles. The molecule has 1 unspecified atom stereocenters. The molecule has 0 saturated carbocycles. The fourth-order valence-electron chi connectivity index (χ4n) is 3.45. The molecule has 0 N–H and O–H groups in total. The van der Waals surface area contributed by atoms with Gasteiger partial charge in [-0.1, -0.05) is 48.5 Å². The molecule has 2 aromatic rings. The number of benzene rings is 2. The Hall–Kier alpha value is -2.29. The zero-order chi connectivity index (χ0) is 17.1. The summed E-state index contributed by atoms with van der Waals surface area (Å²) in [6.45, 7) is 7.49. The van der Waals surface area contributed by atoms with E-state index in [0.29, 0.717) is 19.1 Å². The number of amides is 1. The molecule has 0 aliphatic carbocycles. The van der Waals surface area contributed by atoms with Crippen molar-refractivity contribution >= 4 is 11.6 Å². The number of carbonyl (C=O) groups excluding carboxylic acids is 1. The minimum absolute atomic E-state index is 0.186. The molecule has 1 atom stereocenters. The number of hydrogen-bond donors (Lipinski definition) is 0. The van der Waals surface area contributed by atoms with Crippen LogP contribution in [0.1, 0.15) is 31.9 Å². The smallest absolute Gasteiger partial charge is 0.242 e. The second-order valence-electron chi connectivity index (χ2n) is 6.91. The average molecular weight is 322 g/mol. The third kappa shape index (κ3) is 3.45. The van der Waals surface area contributed by atoms with E-state index in [1.807, 2.05) is 23.1 Å². The Morgan fingerprint density at radius 3 is 2.50 bits per heavy atom. The van der Waals surface area contributed by atoms with E-state index in [1.54, 1.807) is 0 Å². The van der Waals surface area contributed by atoms with Gasteiger partial charge in [0.1, 0.15) is 0 Å². The first-order valence-corrected chi connectivity index (χ1v) is 8.74. The van der Waals surface area contributed by atoms with E-state index in [-0.39, 0.29) is 11.9 Å².